The third-order valence-corrected chi connectivity index (χ3v) is 5.28. The lowest BCUT2D eigenvalue weighted by molar-refractivity contribution is -0.119. The van der Waals surface area contributed by atoms with E-state index >= 15 is 0 Å². The highest BCUT2D eigenvalue weighted by Crippen LogP contribution is 2.25. The Kier molecular flexibility index (Phi) is 5.41. The van der Waals surface area contributed by atoms with Crippen LogP contribution in [0.4, 0.5) is 0 Å². The zero-order valence-corrected chi connectivity index (χ0v) is 16.9. The number of rotatable bonds is 5. The summed E-state index contributed by atoms with van der Waals surface area (Å²) in [6, 6.07) is 14.2. The van der Waals surface area contributed by atoms with Crippen molar-refractivity contribution in [2.75, 3.05) is 11.6 Å². The molecule has 1 aromatic heterocycles. The second-order valence-electron chi connectivity index (χ2n) is 7.57. The van der Waals surface area contributed by atoms with E-state index in [9.17, 15) is 4.79 Å². The van der Waals surface area contributed by atoms with Gasteiger partial charge in [-0.05, 0) is 23.3 Å². The summed E-state index contributed by atoms with van der Waals surface area (Å²) in [5.74, 6) is 6.92. The molecule has 1 atom stereocenters. The third kappa shape index (κ3) is 4.24. The first-order valence-corrected chi connectivity index (χ1v) is 9.86. The van der Waals surface area contributed by atoms with Crippen molar-refractivity contribution >= 4 is 28.4 Å². The largest absolute Gasteiger partial charge is 0.349 e. The van der Waals surface area contributed by atoms with Crippen molar-refractivity contribution < 1.29 is 4.79 Å². The van der Waals surface area contributed by atoms with Crippen molar-refractivity contribution in [2.45, 2.75) is 44.3 Å². The fraction of sp³-hybridized carbons (Fsp3) is 0.350. The molecule has 7 heteroatoms. The number of thioether (sulfide) groups is 1. The van der Waals surface area contributed by atoms with Crippen LogP contribution in [-0.4, -0.2) is 26.5 Å². The van der Waals surface area contributed by atoms with E-state index in [2.05, 4.69) is 33.7 Å². The maximum absolute atomic E-state index is 12.4. The molecule has 0 aliphatic heterocycles. The molecule has 142 valence electrons. The number of hydrogen-bond donors (Lipinski definition) is 2. The maximum atomic E-state index is 12.4. The van der Waals surface area contributed by atoms with Gasteiger partial charge in [-0.25, -0.2) is 4.68 Å². The Hall–Kier alpha value is -2.54. The molecular formula is C20H25N5OS. The predicted molar refractivity (Wildman–Crippen MR) is 110 cm³/mol. The number of nitrogens with two attached hydrogens (primary N) is 1. The maximum Gasteiger partial charge on any atom is 0.230 e. The molecule has 3 aromatic rings. The number of aromatic nitrogens is 3. The van der Waals surface area contributed by atoms with E-state index in [1.807, 2.05) is 52.0 Å². The van der Waals surface area contributed by atoms with Crippen molar-refractivity contribution in [2.24, 2.45) is 0 Å². The average Bonchev–Trinajstić information content (AvgIpc) is 3.00. The highest BCUT2D eigenvalue weighted by molar-refractivity contribution is 7.99. The number of carbonyl (C=O) groups is 1. The molecule has 6 nitrogen and oxygen atoms in total. The number of nitrogen functional groups attached to an aromatic ring is 1. The molecule has 1 heterocycles. The molecule has 0 bridgehead atoms. The highest BCUT2D eigenvalue weighted by atomic mass is 32.2. The summed E-state index contributed by atoms with van der Waals surface area (Å²) in [6.45, 7) is 8.06. The number of hydrogen-bond acceptors (Lipinski definition) is 5. The van der Waals surface area contributed by atoms with Gasteiger partial charge in [0.2, 0.25) is 11.1 Å². The Bertz CT molecular complexity index is 955. The zero-order valence-electron chi connectivity index (χ0n) is 16.1. The Labute approximate surface area is 163 Å². The third-order valence-electron chi connectivity index (χ3n) is 4.34. The van der Waals surface area contributed by atoms with Gasteiger partial charge in [0.25, 0.3) is 0 Å². The summed E-state index contributed by atoms with van der Waals surface area (Å²) >= 11 is 1.29. The van der Waals surface area contributed by atoms with E-state index < -0.39 is 0 Å². The van der Waals surface area contributed by atoms with E-state index in [0.717, 1.165) is 16.3 Å². The van der Waals surface area contributed by atoms with Crippen molar-refractivity contribution in [3.63, 3.8) is 0 Å². The number of benzene rings is 2. The normalized spacial score (nSPS) is 12.9. The summed E-state index contributed by atoms with van der Waals surface area (Å²) in [6.07, 6.45) is 0. The quantitative estimate of drug-likeness (QED) is 0.521. The van der Waals surface area contributed by atoms with E-state index in [0.29, 0.717) is 11.0 Å². The van der Waals surface area contributed by atoms with Gasteiger partial charge in [-0.2, -0.15) is 0 Å². The minimum atomic E-state index is -0.203. The SMILES string of the molecule is CC(NC(=O)CSc1nnc(C(C)(C)C)n1N)c1cccc2ccccc12. The molecule has 27 heavy (non-hydrogen) atoms. The molecule has 0 saturated heterocycles. The Balaban J connectivity index is 1.65. The lowest BCUT2D eigenvalue weighted by Crippen LogP contribution is -2.29. The van der Waals surface area contributed by atoms with Gasteiger partial charge in [-0.1, -0.05) is 75.0 Å². The second-order valence-corrected chi connectivity index (χ2v) is 8.51. The Morgan fingerprint density at radius 1 is 1.19 bits per heavy atom. The minimum absolute atomic E-state index is 0.0688. The molecule has 3 rings (SSSR count). The van der Waals surface area contributed by atoms with Crippen LogP contribution in [0.25, 0.3) is 10.8 Å². The first-order valence-electron chi connectivity index (χ1n) is 8.88. The van der Waals surface area contributed by atoms with Gasteiger partial charge in [0.1, 0.15) is 0 Å². The number of nitrogens with one attached hydrogen (secondary N) is 1. The average molecular weight is 384 g/mol. The van der Waals surface area contributed by atoms with Gasteiger partial charge >= 0.3 is 0 Å². The van der Waals surface area contributed by atoms with Crippen LogP contribution in [-0.2, 0) is 10.2 Å². The molecule has 1 amide bonds. The highest BCUT2D eigenvalue weighted by Gasteiger charge is 2.23. The molecule has 2 aromatic carbocycles. The number of nitrogens with zero attached hydrogens (tertiary/aromatic N) is 3. The molecule has 0 aliphatic carbocycles. The first-order chi connectivity index (χ1) is 12.8. The van der Waals surface area contributed by atoms with Crippen LogP contribution in [0, 0.1) is 0 Å². The summed E-state index contributed by atoms with van der Waals surface area (Å²) in [7, 11) is 0. The van der Waals surface area contributed by atoms with Gasteiger partial charge in [-0.3, -0.25) is 4.79 Å². The van der Waals surface area contributed by atoms with Crippen molar-refractivity contribution in [3.05, 3.63) is 53.9 Å². The number of fused-ring (bicyclic) bond motifs is 1. The zero-order chi connectivity index (χ0) is 19.6. The molecule has 0 fully saturated rings. The van der Waals surface area contributed by atoms with Crippen LogP contribution in [0.15, 0.2) is 47.6 Å². The van der Waals surface area contributed by atoms with Crippen LogP contribution >= 0.6 is 11.8 Å². The van der Waals surface area contributed by atoms with Crippen LogP contribution < -0.4 is 11.2 Å². The number of amides is 1. The molecule has 0 saturated carbocycles. The second kappa shape index (κ2) is 7.60. The van der Waals surface area contributed by atoms with Gasteiger partial charge < -0.3 is 11.2 Å². The van der Waals surface area contributed by atoms with Gasteiger partial charge in [0.05, 0.1) is 11.8 Å². The van der Waals surface area contributed by atoms with E-state index in [1.165, 1.54) is 16.4 Å². The standard InChI is InChI=1S/C20H25N5OS/c1-13(15-11-7-9-14-8-5-6-10-16(14)15)22-17(26)12-27-19-24-23-18(25(19)21)20(2,3)4/h5-11,13H,12,21H2,1-4H3,(H,22,26). The van der Waals surface area contributed by atoms with E-state index in [1.54, 1.807) is 0 Å². The lowest BCUT2D eigenvalue weighted by atomic mass is 9.96. The summed E-state index contributed by atoms with van der Waals surface area (Å²) in [4.78, 5) is 12.4. The van der Waals surface area contributed by atoms with Crippen molar-refractivity contribution in [1.29, 1.82) is 0 Å². The molecule has 1 unspecified atom stereocenters. The fourth-order valence-corrected chi connectivity index (χ4v) is 3.67. The predicted octanol–water partition coefficient (Wildman–Crippen LogP) is 3.41. The molecule has 0 spiro atoms. The number of carbonyl (C=O) groups excluding carboxylic acids is 1. The Morgan fingerprint density at radius 3 is 2.59 bits per heavy atom. The van der Waals surface area contributed by atoms with Gasteiger partial charge in [0, 0.05) is 5.41 Å². The van der Waals surface area contributed by atoms with E-state index in [4.69, 9.17) is 5.84 Å². The molecular weight excluding hydrogens is 358 g/mol. The van der Waals surface area contributed by atoms with Crippen LogP contribution in [0.2, 0.25) is 0 Å². The molecule has 0 radical (unpaired) electrons. The summed E-state index contributed by atoms with van der Waals surface area (Å²) in [5, 5.41) is 14.2. The lowest BCUT2D eigenvalue weighted by Gasteiger charge is -2.17. The first kappa shape index (κ1) is 19.2. The van der Waals surface area contributed by atoms with Gasteiger partial charge in [-0.15, -0.1) is 10.2 Å². The fourth-order valence-electron chi connectivity index (χ4n) is 3.01. The van der Waals surface area contributed by atoms with E-state index in [-0.39, 0.29) is 23.1 Å². The summed E-state index contributed by atoms with van der Waals surface area (Å²) < 4.78 is 1.46. The smallest absolute Gasteiger partial charge is 0.230 e. The molecule has 3 N–H and O–H groups in total. The van der Waals surface area contributed by atoms with Crippen LogP contribution in [0.1, 0.15) is 45.1 Å². The van der Waals surface area contributed by atoms with Crippen LogP contribution in [0.3, 0.4) is 0 Å². The summed E-state index contributed by atoms with van der Waals surface area (Å²) in [5.41, 5.74) is 0.898. The van der Waals surface area contributed by atoms with Crippen molar-refractivity contribution in [3.8, 4) is 0 Å². The minimum Gasteiger partial charge on any atom is -0.349 e. The Morgan fingerprint density at radius 2 is 1.89 bits per heavy atom. The van der Waals surface area contributed by atoms with Gasteiger partial charge in [0.15, 0.2) is 5.82 Å². The monoisotopic (exact) mass is 383 g/mol. The molecule has 0 aliphatic rings. The van der Waals surface area contributed by atoms with Crippen LogP contribution in [0.5, 0.6) is 0 Å². The topological polar surface area (TPSA) is 85.8 Å². The van der Waals surface area contributed by atoms with Crippen molar-refractivity contribution in [1.82, 2.24) is 20.2 Å².